The van der Waals surface area contributed by atoms with Crippen LogP contribution in [0, 0.1) is 0 Å². The van der Waals surface area contributed by atoms with Crippen molar-refractivity contribution in [3.8, 4) is 0 Å². The fourth-order valence-electron chi connectivity index (χ4n) is 2.16. The lowest BCUT2D eigenvalue weighted by Gasteiger charge is -2.30. The Morgan fingerprint density at radius 2 is 1.80 bits per heavy atom. The van der Waals surface area contributed by atoms with Crippen LogP contribution < -0.4 is 5.32 Å². The number of nitrogens with zero attached hydrogens (tertiary/aromatic N) is 1. The van der Waals surface area contributed by atoms with E-state index in [0.29, 0.717) is 11.1 Å². The van der Waals surface area contributed by atoms with Crippen LogP contribution in [-0.2, 0) is 9.59 Å². The van der Waals surface area contributed by atoms with Crippen molar-refractivity contribution in [2.75, 3.05) is 13.1 Å². The minimum atomic E-state index is -0.105. The molecule has 2 heterocycles. The minimum Gasteiger partial charge on any atom is -0.315 e. The molecule has 2 aliphatic heterocycles. The number of amides is 2. The van der Waals surface area contributed by atoms with Gasteiger partial charge in [-0.1, -0.05) is 0 Å². The zero-order chi connectivity index (χ0) is 11.0. The third-order valence-corrected chi connectivity index (χ3v) is 3.28. The molecule has 15 heavy (non-hydrogen) atoms. The first kappa shape index (κ1) is 10.4. The van der Waals surface area contributed by atoms with Crippen LogP contribution in [0.1, 0.15) is 26.7 Å². The molecule has 0 radical (unpaired) electrons. The molecule has 4 nitrogen and oxygen atoms in total. The summed E-state index contributed by atoms with van der Waals surface area (Å²) in [7, 11) is 0. The number of carbonyl (C=O) groups excluding carboxylic acids is 2. The van der Waals surface area contributed by atoms with Gasteiger partial charge in [-0.2, -0.15) is 0 Å². The van der Waals surface area contributed by atoms with Gasteiger partial charge in [0.05, 0.1) is 6.04 Å². The van der Waals surface area contributed by atoms with Crippen LogP contribution in [0.25, 0.3) is 0 Å². The molecule has 0 aromatic rings. The third kappa shape index (κ3) is 1.59. The highest BCUT2D eigenvalue weighted by Gasteiger charge is 2.38. The van der Waals surface area contributed by atoms with Gasteiger partial charge < -0.3 is 5.32 Å². The number of piperidine rings is 1. The molecular weight excluding hydrogens is 192 g/mol. The molecule has 2 aliphatic rings. The molecule has 82 valence electrons. The predicted molar refractivity (Wildman–Crippen MR) is 56.1 cm³/mol. The number of carbonyl (C=O) groups is 2. The summed E-state index contributed by atoms with van der Waals surface area (Å²) in [5.41, 5.74) is 1.20. The van der Waals surface area contributed by atoms with Gasteiger partial charge in [0.2, 0.25) is 0 Å². The Morgan fingerprint density at radius 3 is 2.27 bits per heavy atom. The molecule has 0 aromatic heterocycles. The first-order chi connectivity index (χ1) is 7.13. The van der Waals surface area contributed by atoms with Gasteiger partial charge in [0.15, 0.2) is 0 Å². The summed E-state index contributed by atoms with van der Waals surface area (Å²) in [4.78, 5) is 25.1. The number of imide groups is 1. The Morgan fingerprint density at radius 1 is 1.20 bits per heavy atom. The predicted octanol–water partition coefficient (Wildman–Crippen LogP) is 0.444. The maximum Gasteiger partial charge on any atom is 0.257 e. The molecule has 1 unspecified atom stereocenters. The number of rotatable bonds is 1. The lowest BCUT2D eigenvalue weighted by atomic mass is 10.1. The van der Waals surface area contributed by atoms with Crippen molar-refractivity contribution in [2.45, 2.75) is 32.7 Å². The molecule has 1 saturated heterocycles. The molecule has 0 aromatic carbocycles. The van der Waals surface area contributed by atoms with Gasteiger partial charge in [0.25, 0.3) is 11.8 Å². The molecule has 0 bridgehead atoms. The first-order valence-corrected chi connectivity index (χ1v) is 5.39. The average molecular weight is 208 g/mol. The van der Waals surface area contributed by atoms with E-state index in [9.17, 15) is 9.59 Å². The Labute approximate surface area is 89.3 Å². The van der Waals surface area contributed by atoms with Crippen LogP contribution in [0.3, 0.4) is 0 Å². The Hall–Kier alpha value is -1.16. The maximum atomic E-state index is 11.8. The Balaban J connectivity index is 2.18. The van der Waals surface area contributed by atoms with Crippen molar-refractivity contribution in [1.82, 2.24) is 10.2 Å². The molecule has 2 rings (SSSR count). The van der Waals surface area contributed by atoms with Crippen LogP contribution in [0.15, 0.2) is 11.1 Å². The van der Waals surface area contributed by atoms with Gasteiger partial charge in [-0.05, 0) is 33.2 Å². The van der Waals surface area contributed by atoms with Crippen LogP contribution in [-0.4, -0.2) is 35.8 Å². The van der Waals surface area contributed by atoms with Gasteiger partial charge in [0.1, 0.15) is 0 Å². The number of nitrogens with one attached hydrogen (secondary N) is 1. The van der Waals surface area contributed by atoms with Gasteiger partial charge in [-0.25, -0.2) is 0 Å². The van der Waals surface area contributed by atoms with E-state index in [0.717, 1.165) is 25.9 Å². The zero-order valence-electron chi connectivity index (χ0n) is 9.17. The minimum absolute atomic E-state index is 0.0474. The number of hydrogen-bond donors (Lipinski definition) is 1. The molecule has 2 amide bonds. The van der Waals surface area contributed by atoms with E-state index in [1.807, 2.05) is 0 Å². The molecule has 1 N–H and O–H groups in total. The van der Waals surface area contributed by atoms with E-state index in [4.69, 9.17) is 0 Å². The molecule has 1 fully saturated rings. The Bertz CT molecular complexity index is 316. The van der Waals surface area contributed by atoms with Crippen molar-refractivity contribution in [3.63, 3.8) is 0 Å². The molecule has 0 spiro atoms. The topological polar surface area (TPSA) is 49.4 Å². The van der Waals surface area contributed by atoms with Crippen molar-refractivity contribution in [3.05, 3.63) is 11.1 Å². The summed E-state index contributed by atoms with van der Waals surface area (Å²) < 4.78 is 0. The fraction of sp³-hybridized carbons (Fsp3) is 0.636. The summed E-state index contributed by atoms with van der Waals surface area (Å²) in [5.74, 6) is -0.211. The third-order valence-electron chi connectivity index (χ3n) is 3.28. The van der Waals surface area contributed by atoms with Crippen LogP contribution in [0.2, 0.25) is 0 Å². The highest BCUT2D eigenvalue weighted by molar-refractivity contribution is 6.19. The fourth-order valence-corrected chi connectivity index (χ4v) is 2.16. The van der Waals surface area contributed by atoms with E-state index < -0.39 is 0 Å². The maximum absolute atomic E-state index is 11.8. The summed E-state index contributed by atoms with van der Waals surface area (Å²) >= 11 is 0. The van der Waals surface area contributed by atoms with Gasteiger partial charge >= 0.3 is 0 Å². The van der Waals surface area contributed by atoms with Crippen LogP contribution in [0.5, 0.6) is 0 Å². The van der Waals surface area contributed by atoms with Crippen molar-refractivity contribution in [2.24, 2.45) is 0 Å². The van der Waals surface area contributed by atoms with Crippen LogP contribution in [0.4, 0.5) is 0 Å². The summed E-state index contributed by atoms with van der Waals surface area (Å²) in [6, 6.07) is 0.0474. The smallest absolute Gasteiger partial charge is 0.257 e. The standard InChI is InChI=1S/C11H16N2O2/c1-7-8(2)11(15)13(10(7)14)9-4-3-5-12-6-9/h9,12H,3-6H2,1-2H3. The van der Waals surface area contributed by atoms with Gasteiger partial charge in [-0.15, -0.1) is 0 Å². The van der Waals surface area contributed by atoms with E-state index in [1.54, 1.807) is 13.8 Å². The quantitative estimate of drug-likeness (QED) is 0.636. The van der Waals surface area contributed by atoms with E-state index in [1.165, 1.54) is 4.90 Å². The molecule has 0 aliphatic carbocycles. The largest absolute Gasteiger partial charge is 0.315 e. The molecule has 0 saturated carbocycles. The number of hydrogen-bond acceptors (Lipinski definition) is 3. The first-order valence-electron chi connectivity index (χ1n) is 5.39. The monoisotopic (exact) mass is 208 g/mol. The van der Waals surface area contributed by atoms with Crippen LogP contribution >= 0.6 is 0 Å². The second-order valence-electron chi connectivity index (χ2n) is 4.23. The highest BCUT2D eigenvalue weighted by Crippen LogP contribution is 2.24. The molecule has 1 atom stereocenters. The average Bonchev–Trinajstić information content (AvgIpc) is 2.45. The normalized spacial score (nSPS) is 27.9. The molecule has 4 heteroatoms. The van der Waals surface area contributed by atoms with E-state index >= 15 is 0 Å². The van der Waals surface area contributed by atoms with E-state index in [2.05, 4.69) is 5.32 Å². The lowest BCUT2D eigenvalue weighted by molar-refractivity contribution is -0.140. The highest BCUT2D eigenvalue weighted by atomic mass is 16.2. The van der Waals surface area contributed by atoms with Gasteiger partial charge in [-0.3, -0.25) is 14.5 Å². The van der Waals surface area contributed by atoms with Crippen molar-refractivity contribution < 1.29 is 9.59 Å². The SMILES string of the molecule is CC1=C(C)C(=O)N(C2CCCNC2)C1=O. The summed E-state index contributed by atoms with van der Waals surface area (Å²) in [6.07, 6.45) is 1.95. The van der Waals surface area contributed by atoms with E-state index in [-0.39, 0.29) is 17.9 Å². The second-order valence-corrected chi connectivity index (χ2v) is 4.23. The van der Waals surface area contributed by atoms with Crippen molar-refractivity contribution >= 4 is 11.8 Å². The summed E-state index contributed by atoms with van der Waals surface area (Å²) in [6.45, 7) is 5.17. The second kappa shape index (κ2) is 3.77. The lowest BCUT2D eigenvalue weighted by Crippen LogP contribution is -2.49. The zero-order valence-corrected chi connectivity index (χ0v) is 9.17. The van der Waals surface area contributed by atoms with Gasteiger partial charge in [0, 0.05) is 17.7 Å². The molecular formula is C11H16N2O2. The van der Waals surface area contributed by atoms with Crippen molar-refractivity contribution in [1.29, 1.82) is 0 Å². The Kier molecular flexibility index (Phi) is 2.61. The summed E-state index contributed by atoms with van der Waals surface area (Å²) in [5, 5.41) is 3.22.